The van der Waals surface area contributed by atoms with E-state index in [-0.39, 0.29) is 6.67 Å². The number of hydrogen-bond acceptors (Lipinski definition) is 0. The Morgan fingerprint density at radius 3 is 1.88 bits per heavy atom. The van der Waals surface area contributed by atoms with Gasteiger partial charge in [0, 0.05) is 0 Å². The summed E-state index contributed by atoms with van der Waals surface area (Å²) in [7, 11) is 0. The van der Waals surface area contributed by atoms with Gasteiger partial charge in [-0.15, -0.1) is 0 Å². The molecule has 0 unspecified atom stereocenters. The minimum atomic E-state index is -0.146. The Kier molecular flexibility index (Phi) is 5.03. The van der Waals surface area contributed by atoms with Gasteiger partial charge in [-0.1, -0.05) is 26.7 Å². The fourth-order valence-electron chi connectivity index (χ4n) is 0.851. The van der Waals surface area contributed by atoms with E-state index in [0.717, 1.165) is 19.3 Å². The Bertz CT molecular complexity index is 39.7. The quantitative estimate of drug-likeness (QED) is 0.532. The summed E-state index contributed by atoms with van der Waals surface area (Å²) in [5, 5.41) is 0. The molecule has 1 heteroatoms. The van der Waals surface area contributed by atoms with Crippen LogP contribution in [-0.4, -0.2) is 6.67 Å². The van der Waals surface area contributed by atoms with E-state index in [1.54, 1.807) is 0 Å². The summed E-state index contributed by atoms with van der Waals surface area (Å²) in [4.78, 5) is 0. The second-order valence-electron chi connectivity index (χ2n) is 2.16. The van der Waals surface area contributed by atoms with Crippen molar-refractivity contribution in [2.45, 2.75) is 33.1 Å². The fourth-order valence-corrected chi connectivity index (χ4v) is 0.851. The van der Waals surface area contributed by atoms with Crippen LogP contribution in [0.25, 0.3) is 0 Å². The minimum absolute atomic E-state index is 0.146. The smallest absolute Gasteiger partial charge is 0.0897 e. The molecule has 0 bridgehead atoms. The van der Waals surface area contributed by atoms with Crippen molar-refractivity contribution in [2.75, 3.05) is 6.67 Å². The van der Waals surface area contributed by atoms with E-state index >= 15 is 0 Å². The molecule has 0 saturated heterocycles. The zero-order valence-corrected chi connectivity index (χ0v) is 5.78. The third-order valence-corrected chi connectivity index (χ3v) is 1.67. The molecule has 0 amide bonds. The largest absolute Gasteiger partial charge is 0.251 e. The van der Waals surface area contributed by atoms with E-state index < -0.39 is 0 Å². The molecule has 8 heavy (non-hydrogen) atoms. The van der Waals surface area contributed by atoms with Crippen molar-refractivity contribution >= 4 is 0 Å². The monoisotopic (exact) mass is 118 g/mol. The lowest BCUT2D eigenvalue weighted by Gasteiger charge is -2.06. The molecular weight excluding hydrogens is 103 g/mol. The minimum Gasteiger partial charge on any atom is -0.251 e. The molecule has 0 spiro atoms. The van der Waals surface area contributed by atoms with Crippen molar-refractivity contribution in [3.05, 3.63) is 0 Å². The second kappa shape index (κ2) is 5.07. The Morgan fingerprint density at radius 2 is 1.75 bits per heavy atom. The van der Waals surface area contributed by atoms with Crippen LogP contribution in [0.4, 0.5) is 4.39 Å². The van der Waals surface area contributed by atoms with Gasteiger partial charge in [-0.3, -0.25) is 4.39 Å². The van der Waals surface area contributed by atoms with E-state index in [1.807, 2.05) is 0 Å². The first-order chi connectivity index (χ1) is 3.85. The highest BCUT2D eigenvalue weighted by atomic mass is 19.1. The highest BCUT2D eigenvalue weighted by molar-refractivity contribution is 4.51. The van der Waals surface area contributed by atoms with Gasteiger partial charge >= 0.3 is 0 Å². The van der Waals surface area contributed by atoms with Gasteiger partial charge in [0.05, 0.1) is 6.67 Å². The van der Waals surface area contributed by atoms with E-state index in [1.165, 1.54) is 0 Å². The maximum atomic E-state index is 11.6. The van der Waals surface area contributed by atoms with Gasteiger partial charge in [0.15, 0.2) is 0 Å². The molecule has 0 aromatic heterocycles. The Hall–Kier alpha value is -0.0700. The van der Waals surface area contributed by atoms with Crippen LogP contribution in [0.2, 0.25) is 0 Å². The predicted octanol–water partition coefficient (Wildman–Crippen LogP) is 2.78. The van der Waals surface area contributed by atoms with Crippen LogP contribution in [0.15, 0.2) is 0 Å². The second-order valence-corrected chi connectivity index (χ2v) is 2.16. The topological polar surface area (TPSA) is 0 Å². The maximum absolute atomic E-state index is 11.6. The Morgan fingerprint density at radius 1 is 1.25 bits per heavy atom. The van der Waals surface area contributed by atoms with Gasteiger partial charge in [-0.25, -0.2) is 0 Å². The van der Waals surface area contributed by atoms with Crippen LogP contribution in [-0.2, 0) is 0 Å². The maximum Gasteiger partial charge on any atom is 0.0897 e. The summed E-state index contributed by atoms with van der Waals surface area (Å²) in [6.45, 7) is 4.08. The molecule has 0 atom stereocenters. The van der Waals surface area contributed by atoms with E-state index in [4.69, 9.17) is 0 Å². The first kappa shape index (κ1) is 7.93. The van der Waals surface area contributed by atoms with Crippen LogP contribution >= 0.6 is 0 Å². The first-order valence-corrected chi connectivity index (χ1v) is 3.41. The van der Waals surface area contributed by atoms with Crippen LogP contribution in [0, 0.1) is 5.92 Å². The van der Waals surface area contributed by atoms with E-state index in [2.05, 4.69) is 13.8 Å². The highest BCUT2D eigenvalue weighted by Gasteiger charge is 2.00. The molecule has 0 saturated carbocycles. The first-order valence-electron chi connectivity index (χ1n) is 3.41. The van der Waals surface area contributed by atoms with Crippen molar-refractivity contribution in [3.8, 4) is 0 Å². The Balaban J connectivity index is 3.07. The predicted molar refractivity (Wildman–Crippen MR) is 34.7 cm³/mol. The van der Waals surface area contributed by atoms with Crippen molar-refractivity contribution in [1.29, 1.82) is 0 Å². The van der Waals surface area contributed by atoms with Crippen molar-refractivity contribution in [2.24, 2.45) is 5.92 Å². The number of halogens is 1. The van der Waals surface area contributed by atoms with E-state index in [9.17, 15) is 4.39 Å². The van der Waals surface area contributed by atoms with Crippen molar-refractivity contribution in [1.82, 2.24) is 0 Å². The summed E-state index contributed by atoms with van der Waals surface area (Å²) >= 11 is 0. The molecule has 0 fully saturated rings. The molecule has 50 valence electrons. The third-order valence-electron chi connectivity index (χ3n) is 1.67. The molecule has 0 aliphatic rings. The van der Waals surface area contributed by atoms with Gasteiger partial charge < -0.3 is 0 Å². The SMILES string of the molecule is CCC(CC)CCF. The molecule has 0 nitrogen and oxygen atoms in total. The lowest BCUT2D eigenvalue weighted by Crippen LogP contribution is -1.96. The van der Waals surface area contributed by atoms with Gasteiger partial charge in [-0.05, 0) is 12.3 Å². The molecule has 0 heterocycles. The van der Waals surface area contributed by atoms with Crippen LogP contribution < -0.4 is 0 Å². The summed E-state index contributed by atoms with van der Waals surface area (Å²) in [6.07, 6.45) is 3.01. The Labute approximate surface area is 51.1 Å². The molecule has 0 radical (unpaired) electrons. The van der Waals surface area contributed by atoms with Gasteiger partial charge in [0.2, 0.25) is 0 Å². The number of hydrogen-bond donors (Lipinski definition) is 0. The summed E-state index contributed by atoms with van der Waals surface area (Å²) in [5.74, 6) is 0.625. The highest BCUT2D eigenvalue weighted by Crippen LogP contribution is 2.11. The zero-order valence-electron chi connectivity index (χ0n) is 5.78. The van der Waals surface area contributed by atoms with Crippen LogP contribution in [0.3, 0.4) is 0 Å². The van der Waals surface area contributed by atoms with Crippen molar-refractivity contribution < 1.29 is 4.39 Å². The van der Waals surface area contributed by atoms with Crippen LogP contribution in [0.1, 0.15) is 33.1 Å². The van der Waals surface area contributed by atoms with Gasteiger partial charge in [0.25, 0.3) is 0 Å². The lowest BCUT2D eigenvalue weighted by atomic mass is 10.0. The zero-order chi connectivity index (χ0) is 6.41. The number of rotatable bonds is 4. The molecule has 0 rings (SSSR count). The fraction of sp³-hybridized carbons (Fsp3) is 1.00. The molecule has 0 aromatic carbocycles. The standard InChI is InChI=1S/C7H15F/c1-3-7(4-2)5-6-8/h7H,3-6H2,1-2H3. The average Bonchev–Trinajstić information content (AvgIpc) is 1.83. The number of alkyl halides is 1. The summed E-state index contributed by atoms with van der Waals surface area (Å²) < 4.78 is 11.6. The van der Waals surface area contributed by atoms with Crippen LogP contribution in [0.5, 0.6) is 0 Å². The summed E-state index contributed by atoms with van der Waals surface area (Å²) in [5.41, 5.74) is 0. The van der Waals surface area contributed by atoms with Gasteiger partial charge in [0.1, 0.15) is 0 Å². The third kappa shape index (κ3) is 3.00. The molecule has 0 aliphatic heterocycles. The average molecular weight is 118 g/mol. The molecular formula is C7H15F. The normalized spacial score (nSPS) is 10.5. The van der Waals surface area contributed by atoms with E-state index in [0.29, 0.717) is 5.92 Å². The molecule has 0 N–H and O–H groups in total. The lowest BCUT2D eigenvalue weighted by molar-refractivity contribution is 0.371. The van der Waals surface area contributed by atoms with Gasteiger partial charge in [-0.2, -0.15) is 0 Å². The summed E-state index contributed by atoms with van der Waals surface area (Å²) in [6, 6.07) is 0. The molecule has 0 aromatic rings. The molecule has 0 aliphatic carbocycles. The van der Waals surface area contributed by atoms with Crippen molar-refractivity contribution in [3.63, 3.8) is 0 Å².